The lowest BCUT2D eigenvalue weighted by Crippen LogP contribution is -2.48. The van der Waals surface area contributed by atoms with Gasteiger partial charge in [-0.05, 0) is 68.1 Å². The van der Waals surface area contributed by atoms with E-state index in [0.717, 1.165) is 47.6 Å². The zero-order valence-corrected chi connectivity index (χ0v) is 17.2. The van der Waals surface area contributed by atoms with Crippen LogP contribution in [0.25, 0.3) is 0 Å². The predicted molar refractivity (Wildman–Crippen MR) is 103 cm³/mol. The van der Waals surface area contributed by atoms with Gasteiger partial charge >= 0.3 is 0 Å². The van der Waals surface area contributed by atoms with Gasteiger partial charge in [0.25, 0.3) is 0 Å². The lowest BCUT2D eigenvalue weighted by Gasteiger charge is -2.45. The SMILES string of the molecule is CC1C[C@@H](C)C(N2[CH]N(C3[C@@H](C)CC(C)C[C@@H]3C)C(C)C2)[C@H](C)C1. The van der Waals surface area contributed by atoms with E-state index in [1.165, 1.54) is 32.2 Å². The molecule has 3 rings (SSSR count). The van der Waals surface area contributed by atoms with Crippen LogP contribution in [0.5, 0.6) is 0 Å². The first-order chi connectivity index (χ1) is 11.3. The summed E-state index contributed by atoms with van der Waals surface area (Å²) in [4.78, 5) is 5.50. The Labute approximate surface area is 151 Å². The van der Waals surface area contributed by atoms with Crippen LogP contribution in [-0.4, -0.2) is 34.5 Å². The van der Waals surface area contributed by atoms with Crippen molar-refractivity contribution in [3.63, 3.8) is 0 Å². The van der Waals surface area contributed by atoms with Gasteiger partial charge < -0.3 is 0 Å². The van der Waals surface area contributed by atoms with Crippen molar-refractivity contribution >= 4 is 0 Å². The van der Waals surface area contributed by atoms with E-state index in [0.29, 0.717) is 6.04 Å². The van der Waals surface area contributed by atoms with Crippen molar-refractivity contribution in [3.05, 3.63) is 6.67 Å². The second-order valence-corrected chi connectivity index (χ2v) is 10.2. The van der Waals surface area contributed by atoms with Gasteiger partial charge in [-0.1, -0.05) is 41.5 Å². The zero-order valence-electron chi connectivity index (χ0n) is 17.2. The largest absolute Gasteiger partial charge is 0.280 e. The topological polar surface area (TPSA) is 6.48 Å². The van der Waals surface area contributed by atoms with E-state index in [4.69, 9.17) is 0 Å². The first kappa shape index (κ1) is 18.7. The Bertz CT molecular complexity index is 398. The molecule has 0 N–H and O–H groups in total. The van der Waals surface area contributed by atoms with Crippen molar-refractivity contribution in [1.82, 2.24) is 9.80 Å². The highest BCUT2D eigenvalue weighted by Gasteiger charge is 2.45. The molecular formula is C22H41N2. The van der Waals surface area contributed by atoms with E-state index in [1.807, 2.05) is 0 Å². The van der Waals surface area contributed by atoms with Crippen LogP contribution in [0.15, 0.2) is 0 Å². The van der Waals surface area contributed by atoms with Crippen LogP contribution in [0, 0.1) is 42.2 Å². The lowest BCUT2D eigenvalue weighted by atomic mass is 9.73. The fourth-order valence-electron chi connectivity index (χ4n) is 6.95. The van der Waals surface area contributed by atoms with Crippen LogP contribution in [0.2, 0.25) is 0 Å². The van der Waals surface area contributed by atoms with Crippen LogP contribution >= 0.6 is 0 Å². The molecule has 0 spiro atoms. The number of hydrogen-bond donors (Lipinski definition) is 0. The van der Waals surface area contributed by atoms with Crippen molar-refractivity contribution < 1.29 is 0 Å². The maximum Gasteiger partial charge on any atom is 0.0930 e. The minimum atomic E-state index is 0.673. The summed E-state index contributed by atoms with van der Waals surface area (Å²) < 4.78 is 0. The molecule has 2 aliphatic carbocycles. The third-order valence-electron chi connectivity index (χ3n) is 7.42. The summed E-state index contributed by atoms with van der Waals surface area (Å²) in [6.45, 7) is 21.1. The molecule has 1 unspecified atom stereocenters. The van der Waals surface area contributed by atoms with Gasteiger partial charge in [0.1, 0.15) is 0 Å². The number of hydrogen-bond acceptors (Lipinski definition) is 2. The standard InChI is InChI=1S/C22H41N2/c1-14-8-16(3)21(17(4)9-14)23-12-20(7)24(13-23)22-18(5)10-15(2)11-19(22)6/h13-22H,8-12H2,1-7H3/t14?,15?,16-,17-,18+,19+,20?,21?,22?/m1/s1. The Morgan fingerprint density at radius 1 is 0.625 bits per heavy atom. The Balaban J connectivity index is 1.70. The maximum absolute atomic E-state index is 2.76. The van der Waals surface area contributed by atoms with Gasteiger partial charge in [0, 0.05) is 24.7 Å². The minimum Gasteiger partial charge on any atom is -0.280 e. The van der Waals surface area contributed by atoms with Gasteiger partial charge in [0.05, 0.1) is 6.67 Å². The fraction of sp³-hybridized carbons (Fsp3) is 0.955. The summed E-state index contributed by atoms with van der Waals surface area (Å²) in [7, 11) is 0. The number of rotatable bonds is 2. The summed E-state index contributed by atoms with van der Waals surface area (Å²) in [6.07, 6.45) is 5.61. The van der Waals surface area contributed by atoms with Crippen LogP contribution in [-0.2, 0) is 0 Å². The Hall–Kier alpha value is -0.0800. The first-order valence-electron chi connectivity index (χ1n) is 10.7. The van der Waals surface area contributed by atoms with Crippen LogP contribution < -0.4 is 0 Å². The predicted octanol–water partition coefficient (Wildman–Crippen LogP) is 5.25. The van der Waals surface area contributed by atoms with E-state index in [-0.39, 0.29) is 0 Å². The molecule has 2 saturated carbocycles. The summed E-state index contributed by atoms with van der Waals surface area (Å²) in [5.41, 5.74) is 0. The molecule has 24 heavy (non-hydrogen) atoms. The van der Waals surface area contributed by atoms with Crippen molar-refractivity contribution in [2.45, 2.75) is 92.3 Å². The third kappa shape index (κ3) is 3.56. The molecule has 0 bridgehead atoms. The summed E-state index contributed by atoms with van der Waals surface area (Å²) in [5.74, 6) is 5.11. The fourth-order valence-corrected chi connectivity index (χ4v) is 6.95. The normalized spacial score (nSPS) is 51.9. The zero-order chi connectivity index (χ0) is 17.6. The Morgan fingerprint density at radius 3 is 1.50 bits per heavy atom. The van der Waals surface area contributed by atoms with Crippen molar-refractivity contribution in [3.8, 4) is 0 Å². The third-order valence-corrected chi connectivity index (χ3v) is 7.42. The molecule has 0 aromatic rings. The molecule has 139 valence electrons. The van der Waals surface area contributed by atoms with Gasteiger partial charge in [0.2, 0.25) is 0 Å². The van der Waals surface area contributed by atoms with Crippen LogP contribution in [0.3, 0.4) is 0 Å². The Morgan fingerprint density at radius 2 is 1.04 bits per heavy atom. The summed E-state index contributed by atoms with van der Waals surface area (Å²) in [6, 6.07) is 2.17. The summed E-state index contributed by atoms with van der Waals surface area (Å²) >= 11 is 0. The summed E-state index contributed by atoms with van der Waals surface area (Å²) in [5, 5.41) is 0. The minimum absolute atomic E-state index is 0.673. The van der Waals surface area contributed by atoms with E-state index < -0.39 is 0 Å². The smallest absolute Gasteiger partial charge is 0.0930 e. The molecule has 1 saturated heterocycles. The molecule has 0 aromatic carbocycles. The lowest BCUT2D eigenvalue weighted by molar-refractivity contribution is 0.0446. The van der Waals surface area contributed by atoms with Crippen molar-refractivity contribution in [2.75, 3.05) is 6.54 Å². The second kappa shape index (κ2) is 7.27. The Kier molecular flexibility index (Phi) is 5.67. The average Bonchev–Trinajstić information content (AvgIpc) is 2.78. The first-order valence-corrected chi connectivity index (χ1v) is 10.7. The van der Waals surface area contributed by atoms with E-state index in [9.17, 15) is 0 Å². The van der Waals surface area contributed by atoms with Gasteiger partial charge in [-0.25, -0.2) is 0 Å². The number of nitrogens with zero attached hydrogens (tertiary/aromatic N) is 2. The van der Waals surface area contributed by atoms with Crippen LogP contribution in [0.1, 0.15) is 74.1 Å². The maximum atomic E-state index is 2.76. The van der Waals surface area contributed by atoms with Crippen LogP contribution in [0.4, 0.5) is 0 Å². The molecule has 5 atom stereocenters. The molecule has 3 aliphatic rings. The monoisotopic (exact) mass is 333 g/mol. The highest BCUT2D eigenvalue weighted by Crippen LogP contribution is 2.42. The molecule has 2 nitrogen and oxygen atoms in total. The van der Waals surface area contributed by atoms with Crippen molar-refractivity contribution in [2.24, 2.45) is 35.5 Å². The highest BCUT2D eigenvalue weighted by molar-refractivity contribution is 5.01. The molecule has 0 aromatic heterocycles. The second-order valence-electron chi connectivity index (χ2n) is 10.2. The molecule has 1 heterocycles. The van der Waals surface area contributed by atoms with E-state index >= 15 is 0 Å². The molecule has 2 heteroatoms. The molecular weight excluding hydrogens is 292 g/mol. The molecule has 1 aliphatic heterocycles. The highest BCUT2D eigenvalue weighted by atomic mass is 15.4. The van der Waals surface area contributed by atoms with Gasteiger partial charge in [-0.3, -0.25) is 9.80 Å². The van der Waals surface area contributed by atoms with Gasteiger partial charge in [-0.2, -0.15) is 0 Å². The molecule has 1 radical (unpaired) electrons. The average molecular weight is 334 g/mol. The molecule has 0 amide bonds. The molecule has 3 fully saturated rings. The van der Waals surface area contributed by atoms with E-state index in [1.54, 1.807) is 0 Å². The van der Waals surface area contributed by atoms with Gasteiger partial charge in [0.15, 0.2) is 0 Å². The van der Waals surface area contributed by atoms with Gasteiger partial charge in [-0.15, -0.1) is 0 Å². The quantitative estimate of drug-likeness (QED) is 0.680. The van der Waals surface area contributed by atoms with Crippen molar-refractivity contribution in [1.29, 1.82) is 0 Å². The van der Waals surface area contributed by atoms with E-state index in [2.05, 4.69) is 64.9 Å².